The number of nitriles is 1. The van der Waals surface area contributed by atoms with E-state index in [0.29, 0.717) is 11.3 Å². The zero-order valence-corrected chi connectivity index (χ0v) is 11.1. The Morgan fingerprint density at radius 3 is 2.40 bits per heavy atom. The first-order valence-electron chi connectivity index (χ1n) is 5.95. The fourth-order valence-electron chi connectivity index (χ4n) is 1.79. The van der Waals surface area contributed by atoms with E-state index < -0.39 is 4.92 Å². The summed E-state index contributed by atoms with van der Waals surface area (Å²) < 4.78 is 5.56. The van der Waals surface area contributed by atoms with Crippen molar-refractivity contribution in [2.75, 3.05) is 0 Å². The number of aryl methyl sites for hydroxylation is 2. The number of hydrogen-bond acceptors (Lipinski definition) is 4. The first-order valence-corrected chi connectivity index (χ1v) is 5.95. The number of nitro groups is 1. The third kappa shape index (κ3) is 2.75. The standard InChI is InChI=1S/C15H12N2O3/c1-10-4-6-14(12(7-10)9-16)20-15-8-11(2)3-5-13(15)17(18)19/h3-8H,1-2H3. The number of hydrogen-bond donors (Lipinski definition) is 0. The van der Waals surface area contributed by atoms with E-state index in [0.717, 1.165) is 11.1 Å². The van der Waals surface area contributed by atoms with Crippen molar-refractivity contribution in [2.45, 2.75) is 13.8 Å². The fraction of sp³-hybridized carbons (Fsp3) is 0.133. The van der Waals surface area contributed by atoms with Crippen LogP contribution >= 0.6 is 0 Å². The highest BCUT2D eigenvalue weighted by molar-refractivity contribution is 5.53. The SMILES string of the molecule is Cc1ccc(Oc2cc(C)ccc2[N+](=O)[O-])c(C#N)c1. The van der Waals surface area contributed by atoms with Crippen LogP contribution in [-0.4, -0.2) is 4.92 Å². The first kappa shape index (κ1) is 13.6. The highest BCUT2D eigenvalue weighted by Gasteiger charge is 2.17. The van der Waals surface area contributed by atoms with Gasteiger partial charge in [-0.15, -0.1) is 0 Å². The zero-order chi connectivity index (χ0) is 14.7. The van der Waals surface area contributed by atoms with Crippen molar-refractivity contribution >= 4 is 5.69 Å². The van der Waals surface area contributed by atoms with Crippen LogP contribution in [-0.2, 0) is 0 Å². The zero-order valence-electron chi connectivity index (χ0n) is 11.1. The van der Waals surface area contributed by atoms with Gasteiger partial charge < -0.3 is 4.74 Å². The van der Waals surface area contributed by atoms with Crippen molar-refractivity contribution in [2.24, 2.45) is 0 Å². The van der Waals surface area contributed by atoms with Gasteiger partial charge in [-0.3, -0.25) is 10.1 Å². The highest BCUT2D eigenvalue weighted by Crippen LogP contribution is 2.33. The summed E-state index contributed by atoms with van der Waals surface area (Å²) in [5.74, 6) is 0.446. The number of benzene rings is 2. The van der Waals surface area contributed by atoms with Crippen molar-refractivity contribution < 1.29 is 9.66 Å². The summed E-state index contributed by atoms with van der Waals surface area (Å²) in [6.45, 7) is 3.68. The molecule has 0 heterocycles. The molecular weight excluding hydrogens is 256 g/mol. The lowest BCUT2D eigenvalue weighted by Crippen LogP contribution is -1.95. The molecule has 0 N–H and O–H groups in total. The molecule has 0 radical (unpaired) electrons. The molecule has 5 nitrogen and oxygen atoms in total. The van der Waals surface area contributed by atoms with Gasteiger partial charge >= 0.3 is 5.69 Å². The average Bonchev–Trinajstić information content (AvgIpc) is 2.40. The number of nitro benzene ring substituents is 1. The van der Waals surface area contributed by atoms with Crippen LogP contribution in [0.3, 0.4) is 0 Å². The molecule has 0 aliphatic heterocycles. The molecule has 2 aromatic carbocycles. The van der Waals surface area contributed by atoms with E-state index in [9.17, 15) is 10.1 Å². The van der Waals surface area contributed by atoms with Crippen molar-refractivity contribution in [1.29, 1.82) is 5.26 Å². The molecule has 0 fully saturated rings. The summed E-state index contributed by atoms with van der Waals surface area (Å²) in [5.41, 5.74) is 1.99. The summed E-state index contributed by atoms with van der Waals surface area (Å²) in [4.78, 5) is 10.5. The minimum atomic E-state index is -0.505. The van der Waals surface area contributed by atoms with Gasteiger partial charge in [0.25, 0.3) is 0 Å². The number of ether oxygens (including phenoxy) is 1. The summed E-state index contributed by atoms with van der Waals surface area (Å²) in [5, 5.41) is 20.1. The summed E-state index contributed by atoms with van der Waals surface area (Å²) in [6, 6.07) is 11.8. The average molecular weight is 268 g/mol. The van der Waals surface area contributed by atoms with Crippen LogP contribution in [0.2, 0.25) is 0 Å². The normalized spacial score (nSPS) is 9.85. The molecule has 0 spiro atoms. The predicted octanol–water partition coefficient (Wildman–Crippen LogP) is 3.88. The van der Waals surface area contributed by atoms with Gasteiger partial charge in [0.15, 0.2) is 0 Å². The Bertz CT molecular complexity index is 718. The fourth-order valence-corrected chi connectivity index (χ4v) is 1.79. The molecular formula is C15H12N2O3. The summed E-state index contributed by atoms with van der Waals surface area (Å²) in [7, 11) is 0. The summed E-state index contributed by atoms with van der Waals surface area (Å²) >= 11 is 0. The van der Waals surface area contributed by atoms with Gasteiger partial charge in [-0.05, 0) is 43.2 Å². The minimum Gasteiger partial charge on any atom is -0.449 e. The molecule has 0 amide bonds. The third-order valence-electron chi connectivity index (χ3n) is 2.79. The molecule has 0 aliphatic rings. The third-order valence-corrected chi connectivity index (χ3v) is 2.79. The molecule has 100 valence electrons. The Morgan fingerprint density at radius 1 is 1.10 bits per heavy atom. The Morgan fingerprint density at radius 2 is 1.75 bits per heavy atom. The lowest BCUT2D eigenvalue weighted by molar-refractivity contribution is -0.385. The Labute approximate surface area is 116 Å². The molecule has 2 aromatic rings. The predicted molar refractivity (Wildman–Crippen MR) is 73.8 cm³/mol. The van der Waals surface area contributed by atoms with Gasteiger partial charge in [-0.1, -0.05) is 12.1 Å². The van der Waals surface area contributed by atoms with Crippen molar-refractivity contribution in [3.8, 4) is 17.6 Å². The lowest BCUT2D eigenvalue weighted by Gasteiger charge is -2.09. The topological polar surface area (TPSA) is 76.2 Å². The van der Waals surface area contributed by atoms with Gasteiger partial charge in [0.05, 0.1) is 10.5 Å². The van der Waals surface area contributed by atoms with Gasteiger partial charge in [0.1, 0.15) is 11.8 Å². The molecule has 20 heavy (non-hydrogen) atoms. The maximum Gasteiger partial charge on any atom is 0.311 e. The van der Waals surface area contributed by atoms with Crippen molar-refractivity contribution in [1.82, 2.24) is 0 Å². The van der Waals surface area contributed by atoms with Crippen LogP contribution in [0.15, 0.2) is 36.4 Å². The maximum atomic E-state index is 11.0. The molecule has 5 heteroatoms. The largest absolute Gasteiger partial charge is 0.449 e. The molecule has 0 atom stereocenters. The van der Waals surface area contributed by atoms with Gasteiger partial charge in [-0.25, -0.2) is 0 Å². The molecule has 0 aromatic heterocycles. The van der Waals surface area contributed by atoms with E-state index >= 15 is 0 Å². The Hall–Kier alpha value is -2.87. The van der Waals surface area contributed by atoms with Gasteiger partial charge in [-0.2, -0.15) is 5.26 Å². The van der Waals surface area contributed by atoms with Crippen molar-refractivity contribution in [3.63, 3.8) is 0 Å². The van der Waals surface area contributed by atoms with Crippen LogP contribution in [0.25, 0.3) is 0 Å². The molecule has 0 aliphatic carbocycles. The molecule has 2 rings (SSSR count). The van der Waals surface area contributed by atoms with E-state index in [1.807, 2.05) is 19.9 Å². The minimum absolute atomic E-state index is 0.125. The van der Waals surface area contributed by atoms with Crippen LogP contribution < -0.4 is 4.74 Å². The van der Waals surface area contributed by atoms with E-state index in [-0.39, 0.29) is 11.4 Å². The summed E-state index contributed by atoms with van der Waals surface area (Å²) in [6.07, 6.45) is 0. The number of nitrogens with zero attached hydrogens (tertiary/aromatic N) is 2. The van der Waals surface area contributed by atoms with Crippen LogP contribution in [0.4, 0.5) is 5.69 Å². The van der Waals surface area contributed by atoms with E-state index in [1.165, 1.54) is 6.07 Å². The van der Waals surface area contributed by atoms with E-state index in [2.05, 4.69) is 0 Å². The number of rotatable bonds is 3. The van der Waals surface area contributed by atoms with E-state index in [4.69, 9.17) is 10.00 Å². The molecule has 0 unspecified atom stereocenters. The van der Waals surface area contributed by atoms with Crippen LogP contribution in [0, 0.1) is 35.3 Å². The smallest absolute Gasteiger partial charge is 0.311 e. The second-order valence-corrected chi connectivity index (χ2v) is 4.44. The van der Waals surface area contributed by atoms with Gasteiger partial charge in [0, 0.05) is 6.07 Å². The molecule has 0 saturated heterocycles. The van der Waals surface area contributed by atoms with Gasteiger partial charge in [0.2, 0.25) is 5.75 Å². The Balaban J connectivity index is 2.47. The Kier molecular flexibility index (Phi) is 3.67. The monoisotopic (exact) mass is 268 g/mol. The second kappa shape index (κ2) is 5.41. The van der Waals surface area contributed by atoms with Crippen molar-refractivity contribution in [3.05, 3.63) is 63.2 Å². The highest BCUT2D eigenvalue weighted by atomic mass is 16.6. The molecule has 0 saturated carbocycles. The van der Waals surface area contributed by atoms with E-state index in [1.54, 1.807) is 30.3 Å². The van der Waals surface area contributed by atoms with Crippen LogP contribution in [0.1, 0.15) is 16.7 Å². The maximum absolute atomic E-state index is 11.0. The van der Waals surface area contributed by atoms with Crippen LogP contribution in [0.5, 0.6) is 11.5 Å². The lowest BCUT2D eigenvalue weighted by atomic mass is 10.1. The first-order chi connectivity index (χ1) is 9.51. The molecule has 0 bridgehead atoms. The quantitative estimate of drug-likeness (QED) is 0.625. The second-order valence-electron chi connectivity index (χ2n) is 4.44.